The van der Waals surface area contributed by atoms with Crippen molar-refractivity contribution in [2.75, 3.05) is 24.6 Å². The summed E-state index contributed by atoms with van der Waals surface area (Å²) in [7, 11) is 1.85. The number of nitro groups is 1. The van der Waals surface area contributed by atoms with Gasteiger partial charge >= 0.3 is 0 Å². The summed E-state index contributed by atoms with van der Waals surface area (Å²) < 4.78 is 7.50. The van der Waals surface area contributed by atoms with Crippen LogP contribution in [0.3, 0.4) is 0 Å². The minimum absolute atomic E-state index is 0.0666. The maximum atomic E-state index is 10.9. The van der Waals surface area contributed by atoms with Crippen LogP contribution in [0.15, 0.2) is 30.6 Å². The number of nitrogens with zero attached hydrogens (tertiary/aromatic N) is 5. The number of rotatable bonds is 3. The molecule has 1 unspecified atom stereocenters. The van der Waals surface area contributed by atoms with Crippen LogP contribution in [-0.2, 0) is 11.8 Å². The van der Waals surface area contributed by atoms with Gasteiger partial charge in [0, 0.05) is 43.7 Å². The average molecular weight is 313 g/mol. The summed E-state index contributed by atoms with van der Waals surface area (Å²) >= 11 is 0. The summed E-state index contributed by atoms with van der Waals surface area (Å²) in [6, 6.07) is 6.50. The van der Waals surface area contributed by atoms with Crippen molar-refractivity contribution in [2.24, 2.45) is 7.05 Å². The second-order valence-electron chi connectivity index (χ2n) is 5.32. The lowest BCUT2D eigenvalue weighted by Crippen LogP contribution is -2.38. The van der Waals surface area contributed by atoms with Crippen molar-refractivity contribution < 1.29 is 9.66 Å². The van der Waals surface area contributed by atoms with Gasteiger partial charge in [0.25, 0.3) is 5.69 Å². The first-order valence-corrected chi connectivity index (χ1v) is 7.12. The lowest BCUT2D eigenvalue weighted by molar-refractivity contribution is -0.385. The van der Waals surface area contributed by atoms with Crippen LogP contribution in [0, 0.1) is 21.4 Å². The summed E-state index contributed by atoms with van der Waals surface area (Å²) in [6.45, 7) is 1.81. The van der Waals surface area contributed by atoms with E-state index in [2.05, 4.69) is 10.00 Å². The number of aryl methyl sites for hydroxylation is 1. The van der Waals surface area contributed by atoms with Gasteiger partial charge < -0.3 is 9.64 Å². The number of hydrogen-bond acceptors (Lipinski definition) is 6. The fraction of sp³-hybridized carbons (Fsp3) is 0.333. The first-order chi connectivity index (χ1) is 11.1. The molecule has 1 aromatic carbocycles. The van der Waals surface area contributed by atoms with Crippen molar-refractivity contribution >= 4 is 11.4 Å². The third kappa shape index (κ3) is 3.00. The van der Waals surface area contributed by atoms with E-state index < -0.39 is 4.92 Å². The second kappa shape index (κ2) is 6.06. The molecule has 1 saturated heterocycles. The number of hydrogen-bond donors (Lipinski definition) is 0. The van der Waals surface area contributed by atoms with Crippen LogP contribution < -0.4 is 4.90 Å². The van der Waals surface area contributed by atoms with Crippen LogP contribution in [-0.4, -0.2) is 34.4 Å². The van der Waals surface area contributed by atoms with Gasteiger partial charge in [0.2, 0.25) is 0 Å². The predicted octanol–water partition coefficient (Wildman–Crippen LogP) is 1.78. The van der Waals surface area contributed by atoms with Crippen molar-refractivity contribution in [3.8, 4) is 6.07 Å². The third-order valence-electron chi connectivity index (χ3n) is 3.83. The van der Waals surface area contributed by atoms with E-state index in [4.69, 9.17) is 10.00 Å². The first kappa shape index (κ1) is 15.0. The highest BCUT2D eigenvalue weighted by Crippen LogP contribution is 2.29. The van der Waals surface area contributed by atoms with Gasteiger partial charge in [0.05, 0.1) is 17.7 Å². The molecule has 2 aromatic rings. The monoisotopic (exact) mass is 313 g/mol. The highest BCUT2D eigenvalue weighted by atomic mass is 16.6. The standard InChI is InChI=1S/C15H15N5O3/c1-18-9-12(8-17-18)15-10-19(4-5-23-15)13-2-3-14(20(21)22)11(6-13)7-16/h2-3,6,8-9,15H,4-5,10H2,1H3. The van der Waals surface area contributed by atoms with E-state index in [0.717, 1.165) is 11.3 Å². The zero-order valence-electron chi connectivity index (χ0n) is 12.5. The van der Waals surface area contributed by atoms with Gasteiger partial charge in [0.15, 0.2) is 0 Å². The predicted molar refractivity (Wildman–Crippen MR) is 81.9 cm³/mol. The van der Waals surface area contributed by atoms with Gasteiger partial charge in [-0.1, -0.05) is 0 Å². The number of nitro benzene ring substituents is 1. The molecule has 1 aliphatic rings. The Bertz CT molecular complexity index is 780. The Morgan fingerprint density at radius 2 is 2.35 bits per heavy atom. The molecule has 0 radical (unpaired) electrons. The maximum Gasteiger partial charge on any atom is 0.287 e. The summed E-state index contributed by atoms with van der Waals surface area (Å²) in [5, 5.41) is 24.2. The van der Waals surface area contributed by atoms with E-state index in [0.29, 0.717) is 19.7 Å². The molecule has 3 rings (SSSR count). The molecule has 0 amide bonds. The summed E-state index contributed by atoms with van der Waals surface area (Å²) in [5.74, 6) is 0. The van der Waals surface area contributed by atoms with E-state index in [1.165, 1.54) is 6.07 Å². The van der Waals surface area contributed by atoms with Crippen molar-refractivity contribution in [3.05, 3.63) is 51.8 Å². The van der Waals surface area contributed by atoms with Crippen LogP contribution in [0.25, 0.3) is 0 Å². The van der Waals surface area contributed by atoms with Crippen LogP contribution in [0.1, 0.15) is 17.2 Å². The molecule has 1 fully saturated rings. The van der Waals surface area contributed by atoms with Crippen LogP contribution in [0.2, 0.25) is 0 Å². The zero-order valence-corrected chi connectivity index (χ0v) is 12.5. The van der Waals surface area contributed by atoms with Gasteiger partial charge in [-0.3, -0.25) is 14.8 Å². The molecule has 0 aliphatic carbocycles. The first-order valence-electron chi connectivity index (χ1n) is 7.12. The van der Waals surface area contributed by atoms with Crippen LogP contribution in [0.4, 0.5) is 11.4 Å². The summed E-state index contributed by atoms with van der Waals surface area (Å²) in [6.07, 6.45) is 3.56. The van der Waals surface area contributed by atoms with Gasteiger partial charge in [0.1, 0.15) is 17.7 Å². The molecule has 8 nitrogen and oxygen atoms in total. The SMILES string of the molecule is Cn1cc(C2CN(c3ccc([N+](=O)[O-])c(C#N)c3)CCO2)cn1. The minimum Gasteiger partial charge on any atom is -0.370 e. The lowest BCUT2D eigenvalue weighted by atomic mass is 10.1. The van der Waals surface area contributed by atoms with E-state index >= 15 is 0 Å². The minimum atomic E-state index is -0.542. The molecular formula is C15H15N5O3. The van der Waals surface area contributed by atoms with Crippen LogP contribution in [0.5, 0.6) is 0 Å². The molecular weight excluding hydrogens is 298 g/mol. The van der Waals surface area contributed by atoms with Gasteiger partial charge in [-0.25, -0.2) is 0 Å². The number of nitriles is 1. The summed E-state index contributed by atoms with van der Waals surface area (Å²) in [4.78, 5) is 12.4. The van der Waals surface area contributed by atoms with Crippen molar-refractivity contribution in [1.82, 2.24) is 9.78 Å². The number of anilines is 1. The highest BCUT2D eigenvalue weighted by molar-refractivity contribution is 5.60. The Kier molecular flexibility index (Phi) is 3.95. The van der Waals surface area contributed by atoms with E-state index in [-0.39, 0.29) is 17.4 Å². The largest absolute Gasteiger partial charge is 0.370 e. The van der Waals surface area contributed by atoms with Gasteiger partial charge in [-0.2, -0.15) is 10.4 Å². The number of ether oxygens (including phenoxy) is 1. The third-order valence-corrected chi connectivity index (χ3v) is 3.83. The molecule has 2 heterocycles. The fourth-order valence-electron chi connectivity index (χ4n) is 2.66. The summed E-state index contributed by atoms with van der Waals surface area (Å²) in [5.41, 5.74) is 1.66. The molecule has 118 valence electrons. The van der Waals surface area contributed by atoms with Crippen LogP contribution >= 0.6 is 0 Å². The molecule has 0 saturated carbocycles. The normalized spacial score (nSPS) is 17.7. The Balaban J connectivity index is 1.84. The molecule has 0 N–H and O–H groups in total. The average Bonchev–Trinajstić information content (AvgIpc) is 3.01. The molecule has 0 bridgehead atoms. The molecule has 1 aliphatic heterocycles. The number of aromatic nitrogens is 2. The number of morpholine rings is 1. The fourth-order valence-corrected chi connectivity index (χ4v) is 2.66. The van der Waals surface area contributed by atoms with E-state index in [1.807, 2.05) is 19.3 Å². The molecule has 23 heavy (non-hydrogen) atoms. The maximum absolute atomic E-state index is 10.9. The zero-order chi connectivity index (χ0) is 16.4. The van der Waals surface area contributed by atoms with Crippen molar-refractivity contribution in [2.45, 2.75) is 6.10 Å². The van der Waals surface area contributed by atoms with Crippen molar-refractivity contribution in [1.29, 1.82) is 5.26 Å². The Morgan fingerprint density at radius 1 is 1.52 bits per heavy atom. The second-order valence-corrected chi connectivity index (χ2v) is 5.32. The lowest BCUT2D eigenvalue weighted by Gasteiger charge is -2.34. The molecule has 1 aromatic heterocycles. The van der Waals surface area contributed by atoms with E-state index in [1.54, 1.807) is 23.0 Å². The highest BCUT2D eigenvalue weighted by Gasteiger charge is 2.24. The smallest absolute Gasteiger partial charge is 0.287 e. The Labute approximate surface area is 132 Å². The van der Waals surface area contributed by atoms with Gasteiger partial charge in [-0.05, 0) is 12.1 Å². The van der Waals surface area contributed by atoms with Gasteiger partial charge in [-0.15, -0.1) is 0 Å². The Hall–Kier alpha value is -2.92. The molecule has 8 heteroatoms. The quantitative estimate of drug-likeness (QED) is 0.633. The van der Waals surface area contributed by atoms with E-state index in [9.17, 15) is 10.1 Å². The molecule has 1 atom stereocenters. The van der Waals surface area contributed by atoms with Crippen molar-refractivity contribution in [3.63, 3.8) is 0 Å². The number of benzene rings is 1. The topological polar surface area (TPSA) is 97.2 Å². The molecule has 0 spiro atoms. The Morgan fingerprint density at radius 3 is 3.00 bits per heavy atom.